The van der Waals surface area contributed by atoms with Gasteiger partial charge in [-0.25, -0.2) is 0 Å². The predicted octanol–water partition coefficient (Wildman–Crippen LogP) is 4.54. The zero-order valence-electron chi connectivity index (χ0n) is 21.4. The highest BCUT2D eigenvalue weighted by Crippen LogP contribution is 2.33. The second-order valence-electron chi connectivity index (χ2n) is 8.91. The summed E-state index contributed by atoms with van der Waals surface area (Å²) in [6, 6.07) is 8.68. The highest BCUT2D eigenvalue weighted by atomic mass is 16.5. The molecule has 0 saturated carbocycles. The lowest BCUT2D eigenvalue weighted by molar-refractivity contribution is 0.0781. The Morgan fingerprint density at radius 2 is 1.82 bits per heavy atom. The van der Waals surface area contributed by atoms with Crippen LogP contribution in [0.2, 0.25) is 0 Å². The molecule has 0 bridgehead atoms. The second kappa shape index (κ2) is 13.2. The molecule has 0 heterocycles. The van der Waals surface area contributed by atoms with Crippen molar-refractivity contribution in [2.75, 3.05) is 47.0 Å². The molecular weight excluding hydrogens is 432 g/mol. The van der Waals surface area contributed by atoms with Crippen molar-refractivity contribution >= 4 is 5.91 Å². The molecule has 2 aromatic carbocycles. The summed E-state index contributed by atoms with van der Waals surface area (Å²) in [7, 11) is 3.42. The van der Waals surface area contributed by atoms with Gasteiger partial charge in [0, 0.05) is 39.9 Å². The lowest BCUT2D eigenvalue weighted by atomic mass is 9.98. The van der Waals surface area contributed by atoms with Crippen molar-refractivity contribution in [3.63, 3.8) is 0 Å². The van der Waals surface area contributed by atoms with Crippen LogP contribution in [0.1, 0.15) is 60.2 Å². The van der Waals surface area contributed by atoms with Gasteiger partial charge in [0.2, 0.25) is 0 Å². The maximum atomic E-state index is 13.1. The minimum atomic E-state index is -0.305. The number of likely N-dealkylation sites (N-methyl/N-ethyl adjacent to an activating group) is 1. The number of aromatic hydroxyl groups is 2. The van der Waals surface area contributed by atoms with Crippen LogP contribution < -0.4 is 4.74 Å². The minimum absolute atomic E-state index is 0.00634. The normalized spacial score (nSPS) is 11.3. The Balaban J connectivity index is 2.03. The summed E-state index contributed by atoms with van der Waals surface area (Å²) in [5, 5.41) is 20.3. The molecule has 7 heteroatoms. The molecule has 34 heavy (non-hydrogen) atoms. The zero-order valence-corrected chi connectivity index (χ0v) is 21.4. The summed E-state index contributed by atoms with van der Waals surface area (Å²) >= 11 is 0. The van der Waals surface area contributed by atoms with E-state index in [-0.39, 0.29) is 28.9 Å². The van der Waals surface area contributed by atoms with Crippen molar-refractivity contribution in [3.05, 3.63) is 52.6 Å². The van der Waals surface area contributed by atoms with E-state index >= 15 is 0 Å². The van der Waals surface area contributed by atoms with Crippen molar-refractivity contribution < 1.29 is 24.5 Å². The van der Waals surface area contributed by atoms with E-state index < -0.39 is 0 Å². The van der Waals surface area contributed by atoms with Gasteiger partial charge in [0.25, 0.3) is 5.91 Å². The molecule has 0 radical (unpaired) electrons. The number of rotatable bonds is 13. The van der Waals surface area contributed by atoms with E-state index in [1.807, 2.05) is 39.0 Å². The number of nitrogens with zero attached hydrogens (tertiary/aromatic N) is 2. The van der Waals surface area contributed by atoms with E-state index in [0.717, 1.165) is 49.5 Å². The smallest absolute Gasteiger partial charge is 0.257 e. The van der Waals surface area contributed by atoms with Gasteiger partial charge >= 0.3 is 0 Å². The number of phenolic OH excluding ortho intramolecular Hbond substituents is 2. The molecule has 0 fully saturated rings. The number of methoxy groups -OCH3 is 1. The first-order valence-electron chi connectivity index (χ1n) is 11.9. The molecule has 2 rings (SSSR count). The highest BCUT2D eigenvalue weighted by molar-refractivity contribution is 5.97. The number of carbonyl (C=O) groups excluding carboxylic acids is 1. The van der Waals surface area contributed by atoms with Gasteiger partial charge in [-0.3, -0.25) is 4.79 Å². The first kappa shape index (κ1) is 27.5. The van der Waals surface area contributed by atoms with Gasteiger partial charge < -0.3 is 29.5 Å². The molecule has 0 saturated heterocycles. The Bertz CT molecular complexity index is 945. The number of carbonyl (C=O) groups is 1. The van der Waals surface area contributed by atoms with Gasteiger partial charge in [-0.05, 0) is 54.6 Å². The van der Waals surface area contributed by atoms with Crippen molar-refractivity contribution in [1.82, 2.24) is 9.80 Å². The van der Waals surface area contributed by atoms with E-state index in [1.54, 1.807) is 25.1 Å². The number of ether oxygens (including phenoxy) is 2. The van der Waals surface area contributed by atoms with Crippen LogP contribution in [-0.2, 0) is 11.3 Å². The average molecular weight is 473 g/mol. The van der Waals surface area contributed by atoms with Gasteiger partial charge in [-0.1, -0.05) is 32.9 Å². The zero-order chi connectivity index (χ0) is 25.3. The number of amides is 1. The summed E-state index contributed by atoms with van der Waals surface area (Å²) in [5.74, 6) is 0.305. The Kier molecular flexibility index (Phi) is 10.7. The van der Waals surface area contributed by atoms with E-state index in [1.165, 1.54) is 6.07 Å². The van der Waals surface area contributed by atoms with Crippen LogP contribution in [0.5, 0.6) is 17.2 Å². The summed E-state index contributed by atoms with van der Waals surface area (Å²) in [6.45, 7) is 12.5. The molecule has 0 aromatic heterocycles. The monoisotopic (exact) mass is 472 g/mol. The first-order valence-corrected chi connectivity index (χ1v) is 11.9. The van der Waals surface area contributed by atoms with Crippen LogP contribution in [0.25, 0.3) is 0 Å². The molecule has 188 valence electrons. The Morgan fingerprint density at radius 1 is 1.09 bits per heavy atom. The van der Waals surface area contributed by atoms with Crippen molar-refractivity contribution in [3.8, 4) is 17.2 Å². The van der Waals surface area contributed by atoms with Crippen molar-refractivity contribution in [2.45, 2.75) is 46.6 Å². The SMILES string of the molecule is CCN(CCCOc1cccc(CN(C)C(=O)c2cc(C(C)C)c(O)cc2O)c1C)CCOC. The van der Waals surface area contributed by atoms with Crippen LogP contribution in [-0.4, -0.2) is 72.9 Å². The van der Waals surface area contributed by atoms with Crippen LogP contribution >= 0.6 is 0 Å². The fourth-order valence-corrected chi connectivity index (χ4v) is 3.87. The van der Waals surface area contributed by atoms with Gasteiger partial charge in [0.05, 0.1) is 18.8 Å². The lowest BCUT2D eigenvalue weighted by Crippen LogP contribution is -2.29. The Labute approximate surface area is 203 Å². The fraction of sp³-hybridized carbons (Fsp3) is 0.519. The quantitative estimate of drug-likeness (QED) is 0.417. The summed E-state index contributed by atoms with van der Waals surface area (Å²) < 4.78 is 11.2. The molecular formula is C27H40N2O5. The second-order valence-corrected chi connectivity index (χ2v) is 8.91. The number of hydrogen-bond donors (Lipinski definition) is 2. The molecule has 0 aliphatic carbocycles. The maximum Gasteiger partial charge on any atom is 0.257 e. The van der Waals surface area contributed by atoms with Gasteiger partial charge in [-0.15, -0.1) is 0 Å². The standard InChI is InChI=1S/C27H40N2O5/c1-7-29(13-15-33-6)12-9-14-34-26-11-8-10-21(20(26)4)18-28(5)27(32)23-16-22(19(2)3)24(30)17-25(23)31/h8,10-11,16-17,19,30-31H,7,9,12-15,18H2,1-6H3. The molecule has 1 amide bonds. The van der Waals surface area contributed by atoms with E-state index in [2.05, 4.69) is 11.8 Å². The van der Waals surface area contributed by atoms with Gasteiger partial charge in [0.15, 0.2) is 0 Å². The van der Waals surface area contributed by atoms with E-state index in [0.29, 0.717) is 18.7 Å². The summed E-state index contributed by atoms with van der Waals surface area (Å²) in [6.07, 6.45) is 0.915. The fourth-order valence-electron chi connectivity index (χ4n) is 3.87. The van der Waals surface area contributed by atoms with Crippen LogP contribution in [0, 0.1) is 6.92 Å². The average Bonchev–Trinajstić information content (AvgIpc) is 2.80. The number of benzene rings is 2. The largest absolute Gasteiger partial charge is 0.508 e. The third-order valence-electron chi connectivity index (χ3n) is 6.08. The molecule has 0 atom stereocenters. The van der Waals surface area contributed by atoms with Gasteiger partial charge in [-0.2, -0.15) is 0 Å². The third kappa shape index (κ3) is 7.37. The lowest BCUT2D eigenvalue weighted by Gasteiger charge is -2.22. The van der Waals surface area contributed by atoms with Crippen LogP contribution in [0.3, 0.4) is 0 Å². The Hall–Kier alpha value is -2.77. The third-order valence-corrected chi connectivity index (χ3v) is 6.08. The van der Waals surface area contributed by atoms with Crippen LogP contribution in [0.15, 0.2) is 30.3 Å². The summed E-state index contributed by atoms with van der Waals surface area (Å²) in [4.78, 5) is 17.0. The van der Waals surface area contributed by atoms with Crippen molar-refractivity contribution in [2.24, 2.45) is 0 Å². The predicted molar refractivity (Wildman–Crippen MR) is 135 cm³/mol. The molecule has 0 aliphatic heterocycles. The highest BCUT2D eigenvalue weighted by Gasteiger charge is 2.21. The molecule has 7 nitrogen and oxygen atoms in total. The van der Waals surface area contributed by atoms with Crippen molar-refractivity contribution in [1.29, 1.82) is 0 Å². The Morgan fingerprint density at radius 3 is 2.47 bits per heavy atom. The minimum Gasteiger partial charge on any atom is -0.508 e. The first-order chi connectivity index (χ1) is 16.2. The van der Waals surface area contributed by atoms with E-state index in [4.69, 9.17) is 9.47 Å². The van der Waals surface area contributed by atoms with Gasteiger partial charge in [0.1, 0.15) is 17.2 Å². The van der Waals surface area contributed by atoms with E-state index in [9.17, 15) is 15.0 Å². The topological polar surface area (TPSA) is 82.5 Å². The summed E-state index contributed by atoms with van der Waals surface area (Å²) in [5.41, 5.74) is 2.78. The molecule has 2 N–H and O–H groups in total. The molecule has 0 unspecified atom stereocenters. The number of hydrogen-bond acceptors (Lipinski definition) is 6. The maximum absolute atomic E-state index is 13.1. The molecule has 2 aromatic rings. The molecule has 0 spiro atoms. The molecule has 0 aliphatic rings. The number of phenols is 2. The van der Waals surface area contributed by atoms with Crippen LogP contribution in [0.4, 0.5) is 0 Å².